The Bertz CT molecular complexity index is 726. The van der Waals surface area contributed by atoms with E-state index in [1.807, 2.05) is 0 Å². The van der Waals surface area contributed by atoms with Gasteiger partial charge in [0, 0.05) is 14.7 Å². The van der Waals surface area contributed by atoms with Crippen LogP contribution in [0.5, 0.6) is 0 Å². The Morgan fingerprint density at radius 3 is 2.73 bits per heavy atom. The maximum atomic E-state index is 11.9. The fourth-order valence-electron chi connectivity index (χ4n) is 2.05. The summed E-state index contributed by atoms with van der Waals surface area (Å²) in [6, 6.07) is 5.95. The molecule has 0 atom stereocenters. The summed E-state index contributed by atoms with van der Waals surface area (Å²) in [6.45, 7) is 7.49. The summed E-state index contributed by atoms with van der Waals surface area (Å²) in [7, 11) is -1.17. The quantitative estimate of drug-likeness (QED) is 0.625. The molecule has 0 saturated heterocycles. The van der Waals surface area contributed by atoms with Gasteiger partial charge in [0.25, 0.3) is 0 Å². The highest BCUT2D eigenvalue weighted by Gasteiger charge is 2.14. The molecule has 0 aliphatic rings. The maximum absolute atomic E-state index is 11.9. The molecule has 0 saturated carbocycles. The van der Waals surface area contributed by atoms with Crippen LogP contribution in [0.4, 0.5) is 0 Å². The molecule has 1 aromatic heterocycles. The van der Waals surface area contributed by atoms with E-state index >= 15 is 0 Å². The molecule has 0 spiro atoms. The van der Waals surface area contributed by atoms with E-state index < -0.39 is 19.8 Å². The second-order valence-electron chi connectivity index (χ2n) is 6.52. The van der Waals surface area contributed by atoms with Gasteiger partial charge in [-0.05, 0) is 23.7 Å². The third kappa shape index (κ3) is 4.31. The highest BCUT2D eigenvalue weighted by Crippen LogP contribution is 2.16. The van der Waals surface area contributed by atoms with Crippen molar-refractivity contribution < 1.29 is 19.1 Å². The summed E-state index contributed by atoms with van der Waals surface area (Å²) in [5.74, 6) is -1.40. The summed E-state index contributed by atoms with van der Waals surface area (Å²) in [5, 5.41) is 8.85. The second-order valence-corrected chi connectivity index (χ2v) is 12.1. The summed E-state index contributed by atoms with van der Waals surface area (Å²) in [4.78, 5) is 22.7. The molecule has 7 heteroatoms. The number of aliphatic carboxylic acids is 1. The van der Waals surface area contributed by atoms with E-state index in [0.717, 1.165) is 6.04 Å². The van der Waals surface area contributed by atoms with Gasteiger partial charge >= 0.3 is 11.7 Å². The number of rotatable bonds is 7. The van der Waals surface area contributed by atoms with Gasteiger partial charge in [0.15, 0.2) is 5.58 Å². The van der Waals surface area contributed by atoms with Crippen molar-refractivity contribution in [1.82, 2.24) is 4.57 Å². The zero-order valence-corrected chi connectivity index (χ0v) is 14.1. The lowest BCUT2D eigenvalue weighted by Crippen LogP contribution is -2.23. The number of hydrogen-bond donors (Lipinski definition) is 1. The predicted molar refractivity (Wildman–Crippen MR) is 85.9 cm³/mol. The number of benzene rings is 1. The highest BCUT2D eigenvalue weighted by atomic mass is 28.3. The van der Waals surface area contributed by atoms with E-state index in [1.54, 1.807) is 18.2 Å². The summed E-state index contributed by atoms with van der Waals surface area (Å²) >= 11 is 0. The average Bonchev–Trinajstić information content (AvgIpc) is 2.68. The Morgan fingerprint density at radius 1 is 1.36 bits per heavy atom. The number of fused-ring (bicyclic) bond motifs is 1. The van der Waals surface area contributed by atoms with Gasteiger partial charge in [-0.25, -0.2) is 9.36 Å². The number of hydrogen-bond acceptors (Lipinski definition) is 4. The molecular weight excluding hydrogens is 302 g/mol. The van der Waals surface area contributed by atoms with E-state index in [1.165, 1.54) is 4.57 Å². The molecule has 0 fully saturated rings. The standard InChI is InChI=1S/C15H21NO5Si/c1-22(2,3)7-6-20-10-16-12-8-11(9-14(17)18)4-5-13(12)21-15(16)19/h4-5,8H,6-7,9-10H2,1-3H3,(H,17,18). The summed E-state index contributed by atoms with van der Waals surface area (Å²) in [5.41, 5.74) is 1.63. The zero-order chi connectivity index (χ0) is 16.3. The number of oxazole rings is 1. The smallest absolute Gasteiger partial charge is 0.421 e. The monoisotopic (exact) mass is 323 g/mol. The zero-order valence-electron chi connectivity index (χ0n) is 13.1. The lowest BCUT2D eigenvalue weighted by atomic mass is 10.1. The van der Waals surface area contributed by atoms with E-state index in [2.05, 4.69) is 19.6 Å². The SMILES string of the molecule is C[Si](C)(C)CCOCn1c(=O)oc2ccc(CC(=O)O)cc21. The molecule has 120 valence electrons. The van der Waals surface area contributed by atoms with Crippen LogP contribution in [0.15, 0.2) is 27.4 Å². The highest BCUT2D eigenvalue weighted by molar-refractivity contribution is 6.76. The Labute approximate surface area is 129 Å². The van der Waals surface area contributed by atoms with Crippen molar-refractivity contribution in [2.24, 2.45) is 0 Å². The van der Waals surface area contributed by atoms with Crippen molar-refractivity contribution in [2.75, 3.05) is 6.61 Å². The molecule has 1 aromatic carbocycles. The van der Waals surface area contributed by atoms with Crippen LogP contribution in [-0.4, -0.2) is 30.3 Å². The molecule has 1 N–H and O–H groups in total. The molecule has 0 unspecified atom stereocenters. The van der Waals surface area contributed by atoms with Crippen LogP contribution < -0.4 is 5.76 Å². The maximum Gasteiger partial charge on any atom is 0.421 e. The van der Waals surface area contributed by atoms with Gasteiger partial charge in [0.05, 0.1) is 11.9 Å². The van der Waals surface area contributed by atoms with Gasteiger partial charge in [-0.1, -0.05) is 25.7 Å². The minimum atomic E-state index is -1.17. The molecule has 22 heavy (non-hydrogen) atoms. The number of carboxylic acid groups (broad SMARTS) is 1. The van der Waals surface area contributed by atoms with Gasteiger partial charge in [-0.3, -0.25) is 4.79 Å². The molecule has 0 aliphatic carbocycles. The fraction of sp³-hybridized carbons (Fsp3) is 0.467. The van der Waals surface area contributed by atoms with Crippen LogP contribution in [0.3, 0.4) is 0 Å². The van der Waals surface area contributed by atoms with Crippen molar-refractivity contribution in [2.45, 2.75) is 38.8 Å². The predicted octanol–water partition coefficient (Wildman–Crippen LogP) is 2.53. The van der Waals surface area contributed by atoms with Crippen molar-refractivity contribution in [3.63, 3.8) is 0 Å². The Kier molecular flexibility index (Phi) is 4.87. The molecule has 2 rings (SSSR count). The van der Waals surface area contributed by atoms with Crippen LogP contribution in [0.1, 0.15) is 5.56 Å². The number of ether oxygens (including phenoxy) is 1. The minimum absolute atomic E-state index is 0.0915. The number of nitrogens with zero attached hydrogens (tertiary/aromatic N) is 1. The van der Waals surface area contributed by atoms with Crippen LogP contribution in [0, 0.1) is 0 Å². The van der Waals surface area contributed by atoms with Crippen molar-refractivity contribution >= 4 is 25.1 Å². The summed E-state index contributed by atoms with van der Waals surface area (Å²) < 4.78 is 12.1. The van der Waals surface area contributed by atoms with E-state index in [9.17, 15) is 9.59 Å². The van der Waals surface area contributed by atoms with Crippen LogP contribution in [-0.2, 0) is 22.7 Å². The molecule has 0 aliphatic heterocycles. The lowest BCUT2D eigenvalue weighted by Gasteiger charge is -2.15. The van der Waals surface area contributed by atoms with Gasteiger partial charge < -0.3 is 14.3 Å². The third-order valence-corrected chi connectivity index (χ3v) is 5.01. The first-order valence-electron chi connectivity index (χ1n) is 7.18. The lowest BCUT2D eigenvalue weighted by molar-refractivity contribution is -0.136. The van der Waals surface area contributed by atoms with Crippen molar-refractivity contribution in [3.05, 3.63) is 34.3 Å². The topological polar surface area (TPSA) is 81.7 Å². The molecule has 0 amide bonds. The van der Waals surface area contributed by atoms with Gasteiger partial charge in [0.2, 0.25) is 0 Å². The molecule has 1 heterocycles. The van der Waals surface area contributed by atoms with Crippen LogP contribution in [0.25, 0.3) is 11.1 Å². The van der Waals surface area contributed by atoms with Crippen molar-refractivity contribution in [3.8, 4) is 0 Å². The van der Waals surface area contributed by atoms with E-state index in [0.29, 0.717) is 23.3 Å². The van der Waals surface area contributed by atoms with Crippen LogP contribution >= 0.6 is 0 Å². The Balaban J connectivity index is 2.16. The normalized spacial score (nSPS) is 12.0. The number of aromatic nitrogens is 1. The summed E-state index contributed by atoms with van der Waals surface area (Å²) in [6.07, 6.45) is -0.0915. The van der Waals surface area contributed by atoms with E-state index in [-0.39, 0.29) is 13.2 Å². The first kappa shape index (κ1) is 16.5. The van der Waals surface area contributed by atoms with Gasteiger partial charge in [-0.2, -0.15) is 0 Å². The fourth-order valence-corrected chi connectivity index (χ4v) is 2.81. The van der Waals surface area contributed by atoms with Gasteiger partial charge in [-0.15, -0.1) is 0 Å². The van der Waals surface area contributed by atoms with E-state index in [4.69, 9.17) is 14.3 Å². The molecule has 0 bridgehead atoms. The molecule has 0 radical (unpaired) electrons. The number of carboxylic acids is 1. The Morgan fingerprint density at radius 2 is 2.09 bits per heavy atom. The largest absolute Gasteiger partial charge is 0.481 e. The average molecular weight is 323 g/mol. The van der Waals surface area contributed by atoms with Gasteiger partial charge in [0.1, 0.15) is 6.73 Å². The third-order valence-electron chi connectivity index (χ3n) is 3.30. The first-order chi connectivity index (χ1) is 10.3. The second kappa shape index (κ2) is 6.49. The minimum Gasteiger partial charge on any atom is -0.481 e. The number of carbonyl (C=O) groups is 1. The molecule has 6 nitrogen and oxygen atoms in total. The molecular formula is C15H21NO5Si. The molecule has 2 aromatic rings. The van der Waals surface area contributed by atoms with Crippen LogP contribution in [0.2, 0.25) is 25.7 Å². The van der Waals surface area contributed by atoms with Crippen molar-refractivity contribution in [1.29, 1.82) is 0 Å². The first-order valence-corrected chi connectivity index (χ1v) is 10.9. The Hall–Kier alpha value is -1.86.